The number of aliphatic hydroxyl groups excluding tert-OH is 2. The lowest BCUT2D eigenvalue weighted by molar-refractivity contribution is 0.144. The molecule has 0 aromatic carbocycles. The Kier molecular flexibility index (Phi) is 4.42. The van der Waals surface area contributed by atoms with Crippen molar-refractivity contribution < 1.29 is 10.2 Å². The van der Waals surface area contributed by atoms with Crippen molar-refractivity contribution in [3.63, 3.8) is 0 Å². The highest BCUT2D eigenvalue weighted by Gasteiger charge is 2.07. The topological polar surface area (TPSA) is 40.5 Å². The summed E-state index contributed by atoms with van der Waals surface area (Å²) in [5, 5.41) is 19.8. The molecular formula is C10H16O2S. The van der Waals surface area contributed by atoms with Gasteiger partial charge in [0.2, 0.25) is 0 Å². The standard InChI is InChI=1S/C10H16O2S/c1-8-4-5-13-10(8)3-2-9(6-11)7-12/h4-5,9,11-12H,2-3,6-7H2,1H3. The van der Waals surface area contributed by atoms with E-state index in [9.17, 15) is 0 Å². The fraction of sp³-hybridized carbons (Fsp3) is 0.600. The first-order valence-electron chi connectivity index (χ1n) is 4.52. The SMILES string of the molecule is Cc1ccsc1CCC(CO)CO. The molecule has 0 aliphatic rings. The van der Waals surface area contributed by atoms with Crippen molar-refractivity contribution in [2.75, 3.05) is 13.2 Å². The second kappa shape index (κ2) is 5.37. The van der Waals surface area contributed by atoms with Crippen molar-refractivity contribution in [3.8, 4) is 0 Å². The lowest BCUT2D eigenvalue weighted by Gasteiger charge is -2.09. The summed E-state index contributed by atoms with van der Waals surface area (Å²) in [6.45, 7) is 2.26. The quantitative estimate of drug-likeness (QED) is 0.757. The van der Waals surface area contributed by atoms with Gasteiger partial charge in [-0.15, -0.1) is 11.3 Å². The highest BCUT2D eigenvalue weighted by Crippen LogP contribution is 2.19. The molecule has 0 bridgehead atoms. The zero-order valence-corrected chi connectivity index (χ0v) is 8.68. The van der Waals surface area contributed by atoms with Crippen molar-refractivity contribution in [2.45, 2.75) is 19.8 Å². The van der Waals surface area contributed by atoms with Gasteiger partial charge in [0.1, 0.15) is 0 Å². The van der Waals surface area contributed by atoms with Crippen LogP contribution in [0.2, 0.25) is 0 Å². The van der Waals surface area contributed by atoms with Crippen molar-refractivity contribution in [2.24, 2.45) is 5.92 Å². The Morgan fingerprint density at radius 2 is 2.08 bits per heavy atom. The molecule has 0 radical (unpaired) electrons. The average Bonchev–Trinajstić information content (AvgIpc) is 2.54. The summed E-state index contributed by atoms with van der Waals surface area (Å²) in [4.78, 5) is 1.37. The molecule has 0 saturated carbocycles. The Bertz CT molecular complexity index is 241. The number of aryl methyl sites for hydroxylation is 2. The van der Waals surface area contributed by atoms with E-state index in [4.69, 9.17) is 10.2 Å². The summed E-state index contributed by atoms with van der Waals surface area (Å²) in [5.41, 5.74) is 1.32. The van der Waals surface area contributed by atoms with Gasteiger partial charge in [-0.2, -0.15) is 0 Å². The third kappa shape index (κ3) is 3.10. The van der Waals surface area contributed by atoms with Gasteiger partial charge in [0.05, 0.1) is 0 Å². The summed E-state index contributed by atoms with van der Waals surface area (Å²) >= 11 is 1.75. The molecule has 0 spiro atoms. The zero-order valence-electron chi connectivity index (χ0n) is 7.86. The molecule has 0 amide bonds. The van der Waals surface area contributed by atoms with Gasteiger partial charge in [0, 0.05) is 24.0 Å². The summed E-state index contributed by atoms with van der Waals surface area (Å²) in [6.07, 6.45) is 1.84. The molecule has 1 rings (SSSR count). The van der Waals surface area contributed by atoms with Gasteiger partial charge in [-0.05, 0) is 36.8 Å². The largest absolute Gasteiger partial charge is 0.396 e. The summed E-state index contributed by atoms with van der Waals surface area (Å²) in [7, 11) is 0. The van der Waals surface area contributed by atoms with E-state index in [1.54, 1.807) is 11.3 Å². The van der Waals surface area contributed by atoms with Crippen LogP contribution in [0, 0.1) is 12.8 Å². The lowest BCUT2D eigenvalue weighted by Crippen LogP contribution is -2.11. The monoisotopic (exact) mass is 200 g/mol. The molecule has 0 aliphatic carbocycles. The van der Waals surface area contributed by atoms with Gasteiger partial charge in [-0.3, -0.25) is 0 Å². The molecule has 0 saturated heterocycles. The third-order valence-corrected chi connectivity index (χ3v) is 3.35. The number of aliphatic hydroxyl groups is 2. The molecule has 2 N–H and O–H groups in total. The fourth-order valence-electron chi connectivity index (χ4n) is 1.24. The van der Waals surface area contributed by atoms with Gasteiger partial charge in [0.15, 0.2) is 0 Å². The summed E-state index contributed by atoms with van der Waals surface area (Å²) in [5.74, 6) is 0.0431. The van der Waals surface area contributed by atoms with Gasteiger partial charge >= 0.3 is 0 Å². The maximum Gasteiger partial charge on any atom is 0.0481 e. The van der Waals surface area contributed by atoms with Crippen LogP contribution >= 0.6 is 11.3 Å². The van der Waals surface area contributed by atoms with Gasteiger partial charge in [-0.25, -0.2) is 0 Å². The molecular weight excluding hydrogens is 184 g/mol. The summed E-state index contributed by atoms with van der Waals surface area (Å²) < 4.78 is 0. The first kappa shape index (κ1) is 10.7. The van der Waals surface area contributed by atoms with Crippen LogP contribution in [0.1, 0.15) is 16.9 Å². The second-order valence-corrected chi connectivity index (χ2v) is 4.30. The van der Waals surface area contributed by atoms with E-state index in [0.29, 0.717) is 0 Å². The van der Waals surface area contributed by atoms with E-state index in [1.807, 2.05) is 0 Å². The van der Waals surface area contributed by atoms with Crippen molar-refractivity contribution in [1.29, 1.82) is 0 Å². The predicted molar refractivity (Wildman–Crippen MR) is 55.0 cm³/mol. The van der Waals surface area contributed by atoms with Gasteiger partial charge in [-0.1, -0.05) is 0 Å². The molecule has 1 aromatic rings. The van der Waals surface area contributed by atoms with Crippen LogP contribution in [0.25, 0.3) is 0 Å². The molecule has 0 unspecified atom stereocenters. The van der Waals surface area contributed by atoms with Gasteiger partial charge < -0.3 is 10.2 Å². The smallest absolute Gasteiger partial charge is 0.0481 e. The normalized spacial score (nSPS) is 11.1. The maximum atomic E-state index is 8.87. The summed E-state index contributed by atoms with van der Waals surface area (Å²) in [6, 6.07) is 2.10. The molecule has 1 heterocycles. The minimum atomic E-state index is 0.0431. The first-order valence-corrected chi connectivity index (χ1v) is 5.40. The molecule has 3 heteroatoms. The number of hydrogen-bond donors (Lipinski definition) is 2. The van der Waals surface area contributed by atoms with Crippen LogP contribution in [0.4, 0.5) is 0 Å². The second-order valence-electron chi connectivity index (χ2n) is 3.30. The van der Waals surface area contributed by atoms with Crippen LogP contribution in [0.5, 0.6) is 0 Å². The minimum absolute atomic E-state index is 0.0431. The molecule has 0 fully saturated rings. The van der Waals surface area contributed by atoms with Crippen LogP contribution in [0.3, 0.4) is 0 Å². The third-order valence-electron chi connectivity index (χ3n) is 2.26. The van der Waals surface area contributed by atoms with E-state index in [1.165, 1.54) is 10.4 Å². The van der Waals surface area contributed by atoms with E-state index in [2.05, 4.69) is 18.4 Å². The van der Waals surface area contributed by atoms with E-state index < -0.39 is 0 Å². The van der Waals surface area contributed by atoms with E-state index in [0.717, 1.165) is 12.8 Å². The number of thiophene rings is 1. The highest BCUT2D eigenvalue weighted by molar-refractivity contribution is 7.10. The fourth-order valence-corrected chi connectivity index (χ4v) is 2.16. The molecule has 1 aromatic heterocycles. The Morgan fingerprint density at radius 3 is 2.54 bits per heavy atom. The molecule has 0 aliphatic heterocycles. The molecule has 13 heavy (non-hydrogen) atoms. The maximum absolute atomic E-state index is 8.87. The predicted octanol–water partition coefficient (Wildman–Crippen LogP) is 1.59. The molecule has 0 atom stereocenters. The Hall–Kier alpha value is -0.380. The molecule has 74 valence electrons. The van der Waals surface area contributed by atoms with Crippen molar-refractivity contribution in [1.82, 2.24) is 0 Å². The Balaban J connectivity index is 2.38. The number of rotatable bonds is 5. The Labute approximate surface area is 82.8 Å². The van der Waals surface area contributed by atoms with Gasteiger partial charge in [0.25, 0.3) is 0 Å². The van der Waals surface area contributed by atoms with Crippen molar-refractivity contribution >= 4 is 11.3 Å². The Morgan fingerprint density at radius 1 is 1.38 bits per heavy atom. The first-order chi connectivity index (χ1) is 6.27. The van der Waals surface area contributed by atoms with Crippen LogP contribution < -0.4 is 0 Å². The highest BCUT2D eigenvalue weighted by atomic mass is 32.1. The lowest BCUT2D eigenvalue weighted by atomic mass is 10.0. The van der Waals surface area contributed by atoms with Crippen LogP contribution in [-0.4, -0.2) is 23.4 Å². The molecule has 2 nitrogen and oxygen atoms in total. The minimum Gasteiger partial charge on any atom is -0.396 e. The van der Waals surface area contributed by atoms with Crippen LogP contribution in [-0.2, 0) is 6.42 Å². The number of hydrogen-bond acceptors (Lipinski definition) is 3. The van der Waals surface area contributed by atoms with Crippen molar-refractivity contribution in [3.05, 3.63) is 21.9 Å². The average molecular weight is 200 g/mol. The zero-order chi connectivity index (χ0) is 9.68. The van der Waals surface area contributed by atoms with Crippen LogP contribution in [0.15, 0.2) is 11.4 Å². The van der Waals surface area contributed by atoms with E-state index >= 15 is 0 Å². The van der Waals surface area contributed by atoms with E-state index in [-0.39, 0.29) is 19.1 Å².